The molecule has 4 aliphatic rings. The molecule has 4 rings (SSSR count). The topological polar surface area (TPSA) is 348 Å². The molecule has 264 valence electrons. The van der Waals surface area contributed by atoms with E-state index in [1.165, 1.54) is 0 Å². The van der Waals surface area contributed by atoms with Gasteiger partial charge in [0.2, 0.25) is 0 Å². The Hall–Kier alpha value is -0.840. The molecule has 0 aromatic rings. The van der Waals surface area contributed by atoms with Crippen molar-refractivity contribution >= 4 is 0 Å². The number of ether oxygens (including phenoxy) is 7. The summed E-state index contributed by atoms with van der Waals surface area (Å²) in [7, 11) is 0. The Morgan fingerprint density at radius 2 is 0.689 bits per heavy atom. The first-order chi connectivity index (χ1) is 21.3. The van der Waals surface area contributed by atoms with Crippen LogP contribution in [0.3, 0.4) is 0 Å². The summed E-state index contributed by atoms with van der Waals surface area (Å²) in [5.74, 6) is 0. The van der Waals surface area contributed by atoms with Crippen molar-refractivity contribution in [3.63, 3.8) is 0 Å². The number of aliphatic hydroxyl groups excluding tert-OH is 14. The summed E-state index contributed by atoms with van der Waals surface area (Å²) in [6, 6.07) is 0. The van der Waals surface area contributed by atoms with Gasteiger partial charge in [0.1, 0.15) is 97.7 Å². The Kier molecular flexibility index (Phi) is 12.8. The number of hydrogen-bond acceptors (Lipinski definition) is 21. The normalized spacial score (nSPS) is 52.9. The molecule has 4 heterocycles. The Morgan fingerprint density at radius 1 is 0.333 bits per heavy atom. The minimum atomic E-state index is -2.02. The second-order valence-corrected chi connectivity index (χ2v) is 11.1. The molecule has 14 N–H and O–H groups in total. The van der Waals surface area contributed by atoms with Gasteiger partial charge in [-0.05, 0) is 0 Å². The van der Waals surface area contributed by atoms with Crippen LogP contribution < -0.4 is 0 Å². The highest BCUT2D eigenvalue weighted by Crippen LogP contribution is 2.34. The molecule has 45 heavy (non-hydrogen) atoms. The minimum Gasteiger partial charge on any atom is -0.394 e. The smallest absolute Gasteiger partial charge is 0.187 e. The lowest BCUT2D eigenvalue weighted by molar-refractivity contribution is -0.387. The number of hydrogen-bond donors (Lipinski definition) is 14. The van der Waals surface area contributed by atoms with Crippen molar-refractivity contribution in [1.82, 2.24) is 0 Å². The molecule has 0 spiro atoms. The first-order valence-corrected chi connectivity index (χ1v) is 14.1. The van der Waals surface area contributed by atoms with Crippen LogP contribution in [0.2, 0.25) is 0 Å². The maximum Gasteiger partial charge on any atom is 0.187 e. The van der Waals surface area contributed by atoms with Crippen LogP contribution in [0.1, 0.15) is 0 Å². The van der Waals surface area contributed by atoms with Crippen LogP contribution in [0.25, 0.3) is 0 Å². The van der Waals surface area contributed by atoms with E-state index in [4.69, 9.17) is 33.2 Å². The highest BCUT2D eigenvalue weighted by Gasteiger charge is 2.55. The van der Waals surface area contributed by atoms with Crippen molar-refractivity contribution in [2.45, 2.75) is 123 Å². The van der Waals surface area contributed by atoms with Crippen molar-refractivity contribution in [2.75, 3.05) is 26.4 Å². The molecule has 20 atom stereocenters. The zero-order chi connectivity index (χ0) is 33.3. The molecule has 4 fully saturated rings. The predicted molar refractivity (Wildman–Crippen MR) is 134 cm³/mol. The fourth-order valence-corrected chi connectivity index (χ4v) is 5.54. The molecule has 0 aliphatic carbocycles. The third-order valence-corrected chi connectivity index (χ3v) is 8.20. The predicted octanol–water partition coefficient (Wildman–Crippen LogP) is -9.75. The Bertz CT molecular complexity index is 912. The van der Waals surface area contributed by atoms with Gasteiger partial charge in [0, 0.05) is 0 Å². The van der Waals surface area contributed by atoms with E-state index in [1.807, 2.05) is 0 Å². The second kappa shape index (κ2) is 15.6. The highest BCUT2D eigenvalue weighted by atomic mass is 16.8. The fourth-order valence-electron chi connectivity index (χ4n) is 5.54. The van der Waals surface area contributed by atoms with Crippen LogP contribution in [-0.4, -0.2) is 221 Å². The molecular formula is C24H42O21. The van der Waals surface area contributed by atoms with Gasteiger partial charge in [-0.15, -0.1) is 0 Å². The Morgan fingerprint density at radius 3 is 1.11 bits per heavy atom. The van der Waals surface area contributed by atoms with E-state index >= 15 is 0 Å². The molecule has 4 unspecified atom stereocenters. The van der Waals surface area contributed by atoms with Gasteiger partial charge in [-0.3, -0.25) is 0 Å². The molecule has 21 heteroatoms. The van der Waals surface area contributed by atoms with Gasteiger partial charge in [-0.1, -0.05) is 0 Å². The summed E-state index contributed by atoms with van der Waals surface area (Å²) in [6.45, 7) is -3.37. The third-order valence-electron chi connectivity index (χ3n) is 8.20. The van der Waals surface area contributed by atoms with E-state index < -0.39 is 149 Å². The van der Waals surface area contributed by atoms with Gasteiger partial charge in [0.25, 0.3) is 0 Å². The molecule has 4 aliphatic heterocycles. The van der Waals surface area contributed by atoms with Crippen LogP contribution in [0.15, 0.2) is 0 Å². The monoisotopic (exact) mass is 666 g/mol. The van der Waals surface area contributed by atoms with Gasteiger partial charge in [-0.2, -0.15) is 0 Å². The summed E-state index contributed by atoms with van der Waals surface area (Å²) in [4.78, 5) is 0. The Labute approximate surface area is 254 Å². The molecule has 21 nitrogen and oxygen atoms in total. The van der Waals surface area contributed by atoms with Gasteiger partial charge < -0.3 is 105 Å². The third kappa shape index (κ3) is 7.44. The van der Waals surface area contributed by atoms with E-state index in [-0.39, 0.29) is 0 Å². The molecule has 0 bridgehead atoms. The fraction of sp³-hybridized carbons (Fsp3) is 1.00. The van der Waals surface area contributed by atoms with Crippen LogP contribution in [-0.2, 0) is 33.2 Å². The maximum absolute atomic E-state index is 10.9. The minimum absolute atomic E-state index is 0.782. The van der Waals surface area contributed by atoms with Gasteiger partial charge in [-0.25, -0.2) is 0 Å². The van der Waals surface area contributed by atoms with E-state index in [1.54, 1.807) is 0 Å². The summed E-state index contributed by atoms with van der Waals surface area (Å²) in [5.41, 5.74) is 0. The lowest BCUT2D eigenvalue weighted by atomic mass is 9.95. The quantitative estimate of drug-likeness (QED) is 0.103. The largest absolute Gasteiger partial charge is 0.394 e. The summed E-state index contributed by atoms with van der Waals surface area (Å²) < 4.78 is 37.5. The molecule has 0 saturated carbocycles. The second-order valence-electron chi connectivity index (χ2n) is 11.1. The molecular weight excluding hydrogens is 624 g/mol. The number of aliphatic hydroxyl groups is 14. The van der Waals surface area contributed by atoms with Crippen LogP contribution >= 0.6 is 0 Å². The van der Waals surface area contributed by atoms with E-state index in [2.05, 4.69) is 0 Å². The van der Waals surface area contributed by atoms with Crippen molar-refractivity contribution in [3.8, 4) is 0 Å². The van der Waals surface area contributed by atoms with Crippen LogP contribution in [0, 0.1) is 0 Å². The van der Waals surface area contributed by atoms with Gasteiger partial charge in [0.15, 0.2) is 25.2 Å². The average Bonchev–Trinajstić information content (AvgIpc) is 3.03. The van der Waals surface area contributed by atoms with Gasteiger partial charge >= 0.3 is 0 Å². The molecule has 0 amide bonds. The van der Waals surface area contributed by atoms with Crippen molar-refractivity contribution in [3.05, 3.63) is 0 Å². The first kappa shape index (κ1) is 37.0. The van der Waals surface area contributed by atoms with E-state index in [9.17, 15) is 71.5 Å². The number of rotatable bonds is 10. The first-order valence-electron chi connectivity index (χ1n) is 14.1. The van der Waals surface area contributed by atoms with E-state index in [0.29, 0.717) is 0 Å². The Balaban J connectivity index is 1.43. The van der Waals surface area contributed by atoms with E-state index in [0.717, 1.165) is 0 Å². The van der Waals surface area contributed by atoms with Crippen LogP contribution in [0.5, 0.6) is 0 Å². The standard InChI is InChI=1S/C24H42O21/c25-1-5-9(29)11(31)14(34)22(40-5)43-18-7(3-27)41-23(15(35)12(18)32)44-19-8(4-28)42-24(16(36)13(19)33)45-20-10(30)6(2-26)39-21(38)17(20)37/h5-38H,1-4H2/t5-,6-,7-,8-,9-,10+,11+,12-,13-,14-,15-,16-,17-,18-,19-,20+,21?,22?,23?,24?/m1/s1. The van der Waals surface area contributed by atoms with Crippen molar-refractivity contribution in [2.24, 2.45) is 0 Å². The van der Waals surface area contributed by atoms with Gasteiger partial charge in [0.05, 0.1) is 26.4 Å². The zero-order valence-electron chi connectivity index (χ0n) is 23.5. The summed E-state index contributed by atoms with van der Waals surface area (Å²) >= 11 is 0. The average molecular weight is 667 g/mol. The SMILES string of the molecule is OC[C@H]1OC(O)[C@H](O)[C@@H](OC2O[C@H](CO)[C@@H](OC3O[C@H](CO)[C@@H](OC4O[C@H](CO)[C@@H](O)[C@H](O)[C@H]4O)[C@H](O)[C@H]3O)[C@H](O)[C@H]2O)[C@H]1O. The van der Waals surface area contributed by atoms with Crippen LogP contribution in [0.4, 0.5) is 0 Å². The van der Waals surface area contributed by atoms with Crippen molar-refractivity contribution < 1.29 is 105 Å². The molecule has 0 aromatic heterocycles. The highest BCUT2D eigenvalue weighted by molar-refractivity contribution is 4.97. The lowest BCUT2D eigenvalue weighted by Crippen LogP contribution is -2.67. The maximum atomic E-state index is 10.9. The summed E-state index contributed by atoms with van der Waals surface area (Å²) in [6.07, 6.45) is -35.4. The molecule has 0 radical (unpaired) electrons. The zero-order valence-corrected chi connectivity index (χ0v) is 23.5. The summed E-state index contributed by atoms with van der Waals surface area (Å²) in [5, 5.41) is 142. The molecule has 0 aromatic carbocycles. The molecule has 4 saturated heterocycles. The van der Waals surface area contributed by atoms with Crippen molar-refractivity contribution in [1.29, 1.82) is 0 Å². The lowest BCUT2D eigenvalue weighted by Gasteiger charge is -2.48.